The van der Waals surface area contributed by atoms with Crippen LogP contribution in [0.5, 0.6) is 0 Å². The van der Waals surface area contributed by atoms with Gasteiger partial charge in [-0.05, 0) is 46.9 Å². The molecule has 0 fully saturated rings. The monoisotopic (exact) mass is 285 g/mol. The Morgan fingerprint density at radius 3 is 2.77 bits per heavy atom. The highest BCUT2D eigenvalue weighted by molar-refractivity contribution is 14.1. The molecule has 1 heterocycles. The quantitative estimate of drug-likeness (QED) is 0.644. The van der Waals surface area contributed by atoms with Crippen LogP contribution in [0.15, 0.2) is 36.7 Å². The van der Waals surface area contributed by atoms with Crippen LogP contribution in [0.2, 0.25) is 0 Å². The third-order valence-electron chi connectivity index (χ3n) is 1.67. The lowest BCUT2D eigenvalue weighted by atomic mass is 10.3. The fraction of sp³-hybridized carbons (Fsp3) is 0. The van der Waals surface area contributed by atoms with Crippen molar-refractivity contribution in [1.82, 2.24) is 9.78 Å². The zero-order chi connectivity index (χ0) is 9.26. The Labute approximate surface area is 89.7 Å². The van der Waals surface area contributed by atoms with Crippen LogP contribution in [-0.2, 0) is 0 Å². The molecule has 0 saturated heterocycles. The van der Waals surface area contributed by atoms with Crippen molar-refractivity contribution in [3.05, 3.63) is 40.2 Å². The molecule has 0 aliphatic heterocycles. The van der Waals surface area contributed by atoms with E-state index < -0.39 is 0 Å². The SMILES string of the molecule is Nc1cc(I)cc(-n2cccn2)c1. The van der Waals surface area contributed by atoms with Crippen molar-refractivity contribution >= 4 is 28.3 Å². The summed E-state index contributed by atoms with van der Waals surface area (Å²) in [6, 6.07) is 7.74. The van der Waals surface area contributed by atoms with Gasteiger partial charge >= 0.3 is 0 Å². The zero-order valence-electron chi connectivity index (χ0n) is 6.81. The lowest BCUT2D eigenvalue weighted by Crippen LogP contribution is -1.96. The van der Waals surface area contributed by atoms with E-state index in [4.69, 9.17) is 5.73 Å². The second-order valence-electron chi connectivity index (χ2n) is 2.69. The van der Waals surface area contributed by atoms with E-state index in [1.165, 1.54) is 0 Å². The highest BCUT2D eigenvalue weighted by atomic mass is 127. The first-order chi connectivity index (χ1) is 6.25. The minimum Gasteiger partial charge on any atom is -0.399 e. The highest BCUT2D eigenvalue weighted by Crippen LogP contribution is 2.16. The van der Waals surface area contributed by atoms with E-state index in [1.807, 2.05) is 30.5 Å². The molecule has 0 radical (unpaired) electrons. The molecular weight excluding hydrogens is 277 g/mol. The molecule has 1 aromatic carbocycles. The Morgan fingerprint density at radius 1 is 1.31 bits per heavy atom. The molecule has 1 aromatic heterocycles. The summed E-state index contributed by atoms with van der Waals surface area (Å²) in [5, 5.41) is 4.13. The summed E-state index contributed by atoms with van der Waals surface area (Å²) < 4.78 is 2.90. The Hall–Kier alpha value is -1.04. The number of nitrogens with two attached hydrogens (primary N) is 1. The number of hydrogen-bond acceptors (Lipinski definition) is 2. The fourth-order valence-electron chi connectivity index (χ4n) is 1.15. The van der Waals surface area contributed by atoms with Crippen molar-refractivity contribution in [1.29, 1.82) is 0 Å². The number of aromatic nitrogens is 2. The van der Waals surface area contributed by atoms with E-state index in [0.29, 0.717) is 0 Å². The van der Waals surface area contributed by atoms with Crippen LogP contribution in [0.1, 0.15) is 0 Å². The van der Waals surface area contributed by atoms with Gasteiger partial charge in [-0.25, -0.2) is 4.68 Å². The van der Waals surface area contributed by atoms with Gasteiger partial charge in [-0.15, -0.1) is 0 Å². The first-order valence-corrected chi connectivity index (χ1v) is 4.90. The van der Waals surface area contributed by atoms with Gasteiger partial charge in [-0.3, -0.25) is 0 Å². The Kier molecular flexibility index (Phi) is 2.22. The van der Waals surface area contributed by atoms with Gasteiger partial charge in [0.1, 0.15) is 0 Å². The topological polar surface area (TPSA) is 43.8 Å². The minimum absolute atomic E-state index is 0.761. The second-order valence-corrected chi connectivity index (χ2v) is 3.94. The largest absolute Gasteiger partial charge is 0.399 e. The standard InChI is InChI=1S/C9H8IN3/c10-7-4-8(11)6-9(5-7)13-3-1-2-12-13/h1-6H,11H2. The second kappa shape index (κ2) is 3.37. The predicted octanol–water partition coefficient (Wildman–Crippen LogP) is 2.06. The molecule has 0 aliphatic rings. The molecule has 0 spiro atoms. The predicted molar refractivity (Wildman–Crippen MR) is 60.7 cm³/mol. The molecule has 0 unspecified atom stereocenters. The van der Waals surface area contributed by atoms with Crippen LogP contribution >= 0.6 is 22.6 Å². The molecule has 0 saturated carbocycles. The maximum absolute atomic E-state index is 5.72. The number of nitrogens with zero attached hydrogens (tertiary/aromatic N) is 2. The highest BCUT2D eigenvalue weighted by Gasteiger charge is 1.98. The molecule has 4 heteroatoms. The minimum atomic E-state index is 0.761. The van der Waals surface area contributed by atoms with Crippen molar-refractivity contribution in [3.63, 3.8) is 0 Å². The van der Waals surface area contributed by atoms with Crippen molar-refractivity contribution in [2.75, 3.05) is 5.73 Å². The average Bonchev–Trinajstić information content (AvgIpc) is 2.53. The number of hydrogen-bond donors (Lipinski definition) is 1. The van der Waals surface area contributed by atoms with E-state index in [-0.39, 0.29) is 0 Å². The van der Waals surface area contributed by atoms with Gasteiger partial charge in [0.05, 0.1) is 5.69 Å². The van der Waals surface area contributed by atoms with Crippen LogP contribution in [-0.4, -0.2) is 9.78 Å². The summed E-state index contributed by atoms with van der Waals surface area (Å²) in [7, 11) is 0. The van der Waals surface area contributed by atoms with Crippen molar-refractivity contribution < 1.29 is 0 Å². The van der Waals surface area contributed by atoms with Gasteiger partial charge in [0.2, 0.25) is 0 Å². The Balaban J connectivity index is 2.53. The molecule has 0 atom stereocenters. The maximum atomic E-state index is 5.72. The normalized spacial score (nSPS) is 10.2. The number of benzene rings is 1. The van der Waals surface area contributed by atoms with Crippen LogP contribution in [0.4, 0.5) is 5.69 Å². The third-order valence-corrected chi connectivity index (χ3v) is 2.30. The van der Waals surface area contributed by atoms with Crippen LogP contribution in [0.25, 0.3) is 5.69 Å². The van der Waals surface area contributed by atoms with E-state index in [9.17, 15) is 0 Å². The van der Waals surface area contributed by atoms with Crippen LogP contribution in [0.3, 0.4) is 0 Å². The van der Waals surface area contributed by atoms with Gasteiger partial charge < -0.3 is 5.73 Å². The third kappa shape index (κ3) is 1.82. The number of halogens is 1. The summed E-state index contributed by atoms with van der Waals surface area (Å²) in [6.07, 6.45) is 3.64. The molecular formula is C9H8IN3. The van der Waals surface area contributed by atoms with Crippen molar-refractivity contribution in [2.24, 2.45) is 0 Å². The molecule has 2 N–H and O–H groups in total. The van der Waals surface area contributed by atoms with Gasteiger partial charge in [0.25, 0.3) is 0 Å². The van der Waals surface area contributed by atoms with Crippen LogP contribution in [0, 0.1) is 3.57 Å². The summed E-state index contributed by atoms with van der Waals surface area (Å²) in [5.74, 6) is 0. The zero-order valence-corrected chi connectivity index (χ0v) is 8.97. The lowest BCUT2D eigenvalue weighted by Gasteiger charge is -2.03. The number of nitrogen functional groups attached to an aromatic ring is 1. The molecule has 13 heavy (non-hydrogen) atoms. The van der Waals surface area contributed by atoms with E-state index in [1.54, 1.807) is 10.9 Å². The smallest absolute Gasteiger partial charge is 0.0676 e. The van der Waals surface area contributed by atoms with Gasteiger partial charge in [0.15, 0.2) is 0 Å². The number of anilines is 1. The van der Waals surface area contributed by atoms with E-state index >= 15 is 0 Å². The molecule has 0 bridgehead atoms. The Bertz CT molecular complexity index is 389. The van der Waals surface area contributed by atoms with Gasteiger partial charge in [-0.2, -0.15) is 5.10 Å². The fourth-order valence-corrected chi connectivity index (χ4v) is 1.83. The summed E-state index contributed by atoms with van der Waals surface area (Å²) in [4.78, 5) is 0. The molecule has 3 nitrogen and oxygen atoms in total. The van der Waals surface area contributed by atoms with Crippen molar-refractivity contribution in [3.8, 4) is 5.69 Å². The molecule has 0 aliphatic carbocycles. The van der Waals surface area contributed by atoms with Gasteiger partial charge in [-0.1, -0.05) is 0 Å². The van der Waals surface area contributed by atoms with Gasteiger partial charge in [0, 0.05) is 21.7 Å². The summed E-state index contributed by atoms with van der Waals surface area (Å²) in [6.45, 7) is 0. The molecule has 2 rings (SSSR count). The summed E-state index contributed by atoms with van der Waals surface area (Å²) in [5.41, 5.74) is 7.48. The maximum Gasteiger partial charge on any atom is 0.0676 e. The average molecular weight is 285 g/mol. The number of rotatable bonds is 1. The molecule has 2 aromatic rings. The van der Waals surface area contributed by atoms with E-state index in [2.05, 4.69) is 27.7 Å². The Morgan fingerprint density at radius 2 is 2.15 bits per heavy atom. The van der Waals surface area contributed by atoms with Crippen LogP contribution < -0.4 is 5.73 Å². The lowest BCUT2D eigenvalue weighted by molar-refractivity contribution is 0.880. The first kappa shape index (κ1) is 8.55. The molecule has 0 amide bonds. The molecule has 66 valence electrons. The van der Waals surface area contributed by atoms with E-state index in [0.717, 1.165) is 14.9 Å². The summed E-state index contributed by atoms with van der Waals surface area (Å²) >= 11 is 2.23. The van der Waals surface area contributed by atoms with Crippen molar-refractivity contribution in [2.45, 2.75) is 0 Å². The first-order valence-electron chi connectivity index (χ1n) is 3.82.